The van der Waals surface area contributed by atoms with Gasteiger partial charge < -0.3 is 10.1 Å². The van der Waals surface area contributed by atoms with Gasteiger partial charge in [0, 0.05) is 11.8 Å². The minimum absolute atomic E-state index is 0.177. The van der Waals surface area contributed by atoms with E-state index >= 15 is 0 Å². The van der Waals surface area contributed by atoms with Crippen LogP contribution in [0.5, 0.6) is 5.75 Å². The number of ether oxygens (including phenoxy) is 1. The van der Waals surface area contributed by atoms with Gasteiger partial charge in [0.1, 0.15) is 18.2 Å². The van der Waals surface area contributed by atoms with Crippen LogP contribution in [0.2, 0.25) is 0 Å². The Hall–Kier alpha value is -3.26. The SMILES string of the molecule is O=C(Nc1nc2ccc(-c3cn[nH]c3)cc2s1)C1COc2ccc(F)cc2C1. The number of hydrogen-bond donors (Lipinski definition) is 2. The van der Waals surface area contributed by atoms with Crippen molar-refractivity contribution in [1.82, 2.24) is 15.2 Å². The Morgan fingerprint density at radius 2 is 2.18 bits per heavy atom. The zero-order valence-electron chi connectivity index (χ0n) is 14.6. The Balaban J connectivity index is 1.34. The molecule has 0 fully saturated rings. The van der Waals surface area contributed by atoms with Gasteiger partial charge in [0.2, 0.25) is 5.91 Å². The zero-order chi connectivity index (χ0) is 19.1. The van der Waals surface area contributed by atoms with Crippen molar-refractivity contribution in [2.75, 3.05) is 11.9 Å². The van der Waals surface area contributed by atoms with E-state index in [1.807, 2.05) is 24.4 Å². The first kappa shape index (κ1) is 16.9. The Labute approximate surface area is 163 Å². The van der Waals surface area contributed by atoms with Crippen molar-refractivity contribution in [1.29, 1.82) is 0 Å². The number of aromatic amines is 1. The lowest BCUT2D eigenvalue weighted by Crippen LogP contribution is -2.32. The lowest BCUT2D eigenvalue weighted by atomic mass is 9.96. The molecule has 2 N–H and O–H groups in total. The van der Waals surface area contributed by atoms with Gasteiger partial charge in [-0.25, -0.2) is 9.37 Å². The number of thiazole rings is 1. The van der Waals surface area contributed by atoms with Gasteiger partial charge in [-0.2, -0.15) is 5.10 Å². The second-order valence-electron chi connectivity index (χ2n) is 6.64. The molecule has 1 amide bonds. The van der Waals surface area contributed by atoms with Gasteiger partial charge in [0.05, 0.1) is 22.3 Å². The van der Waals surface area contributed by atoms with E-state index in [0.29, 0.717) is 22.9 Å². The molecule has 6 nitrogen and oxygen atoms in total. The topological polar surface area (TPSA) is 79.9 Å². The van der Waals surface area contributed by atoms with Crippen molar-refractivity contribution in [2.24, 2.45) is 5.92 Å². The molecule has 5 rings (SSSR count). The van der Waals surface area contributed by atoms with Gasteiger partial charge in [-0.1, -0.05) is 17.4 Å². The first-order valence-electron chi connectivity index (χ1n) is 8.77. The number of halogens is 1. The van der Waals surface area contributed by atoms with Crippen LogP contribution in [0.3, 0.4) is 0 Å². The molecule has 0 saturated carbocycles. The fraction of sp³-hybridized carbons (Fsp3) is 0.150. The average Bonchev–Trinajstić information content (AvgIpc) is 3.36. The van der Waals surface area contributed by atoms with Crippen LogP contribution in [0.1, 0.15) is 5.56 Å². The summed E-state index contributed by atoms with van der Waals surface area (Å²) < 4.78 is 20.0. The molecule has 0 spiro atoms. The molecule has 2 aromatic carbocycles. The molecule has 8 heteroatoms. The number of benzene rings is 2. The fourth-order valence-corrected chi connectivity index (χ4v) is 4.21. The molecule has 140 valence electrons. The molecule has 3 heterocycles. The summed E-state index contributed by atoms with van der Waals surface area (Å²) in [5, 5.41) is 10.2. The number of carbonyl (C=O) groups excluding carboxylic acids is 1. The lowest BCUT2D eigenvalue weighted by molar-refractivity contribution is -0.121. The van der Waals surface area contributed by atoms with Gasteiger partial charge in [0.15, 0.2) is 5.13 Å². The lowest BCUT2D eigenvalue weighted by Gasteiger charge is -2.24. The van der Waals surface area contributed by atoms with Crippen LogP contribution in [-0.4, -0.2) is 27.7 Å². The van der Waals surface area contributed by atoms with Crippen molar-refractivity contribution in [3.05, 3.63) is 60.2 Å². The van der Waals surface area contributed by atoms with Crippen molar-refractivity contribution in [3.63, 3.8) is 0 Å². The Morgan fingerprint density at radius 3 is 3.04 bits per heavy atom. The van der Waals surface area contributed by atoms with E-state index in [9.17, 15) is 9.18 Å². The first-order valence-corrected chi connectivity index (χ1v) is 9.59. The summed E-state index contributed by atoms with van der Waals surface area (Å²) in [7, 11) is 0. The molecule has 1 aliphatic heterocycles. The second kappa shape index (κ2) is 6.72. The smallest absolute Gasteiger partial charge is 0.233 e. The largest absolute Gasteiger partial charge is 0.492 e. The number of nitrogens with one attached hydrogen (secondary N) is 2. The molecule has 28 heavy (non-hydrogen) atoms. The van der Waals surface area contributed by atoms with Crippen LogP contribution in [-0.2, 0) is 11.2 Å². The van der Waals surface area contributed by atoms with E-state index in [1.54, 1.807) is 12.3 Å². The summed E-state index contributed by atoms with van der Waals surface area (Å²) in [5.74, 6) is -0.257. The normalized spacial score (nSPS) is 15.8. The van der Waals surface area contributed by atoms with E-state index in [2.05, 4.69) is 20.5 Å². The summed E-state index contributed by atoms with van der Waals surface area (Å²) in [6, 6.07) is 10.3. The Bertz CT molecular complexity index is 1170. The standard InChI is InChI=1S/C20H15FN4O2S/c21-15-2-4-17-12(6-15)5-13(10-27-17)19(26)25-20-24-16-3-1-11(7-18(16)28-20)14-8-22-23-9-14/h1-4,6-9,13H,5,10H2,(H,22,23)(H,24,25,26). The van der Waals surface area contributed by atoms with Crippen molar-refractivity contribution in [2.45, 2.75) is 6.42 Å². The van der Waals surface area contributed by atoms with Crippen LogP contribution in [0.4, 0.5) is 9.52 Å². The van der Waals surface area contributed by atoms with E-state index in [1.165, 1.54) is 23.5 Å². The number of aromatic nitrogens is 3. The first-order chi connectivity index (χ1) is 13.7. The third-order valence-electron chi connectivity index (χ3n) is 4.75. The molecule has 4 aromatic rings. The van der Waals surface area contributed by atoms with E-state index in [0.717, 1.165) is 21.3 Å². The molecule has 2 aromatic heterocycles. The van der Waals surface area contributed by atoms with Gasteiger partial charge in [-0.15, -0.1) is 0 Å². The zero-order valence-corrected chi connectivity index (χ0v) is 15.4. The van der Waals surface area contributed by atoms with E-state index in [4.69, 9.17) is 4.74 Å². The highest BCUT2D eigenvalue weighted by Crippen LogP contribution is 2.32. The van der Waals surface area contributed by atoms with Crippen molar-refractivity contribution < 1.29 is 13.9 Å². The van der Waals surface area contributed by atoms with Gasteiger partial charge in [0.25, 0.3) is 0 Å². The summed E-state index contributed by atoms with van der Waals surface area (Å²) in [6.07, 6.45) is 4.03. The summed E-state index contributed by atoms with van der Waals surface area (Å²) in [5.41, 5.74) is 3.55. The van der Waals surface area contributed by atoms with Crippen LogP contribution < -0.4 is 10.1 Å². The number of H-pyrrole nitrogens is 1. The van der Waals surface area contributed by atoms with Crippen LogP contribution in [0.15, 0.2) is 48.8 Å². The molecule has 0 aliphatic carbocycles. The van der Waals surface area contributed by atoms with Crippen LogP contribution in [0.25, 0.3) is 21.3 Å². The second-order valence-corrected chi connectivity index (χ2v) is 7.67. The van der Waals surface area contributed by atoms with E-state index < -0.39 is 0 Å². The van der Waals surface area contributed by atoms with Crippen LogP contribution >= 0.6 is 11.3 Å². The maximum Gasteiger partial charge on any atom is 0.233 e. The molecule has 0 bridgehead atoms. The highest BCUT2D eigenvalue weighted by Gasteiger charge is 2.27. The van der Waals surface area contributed by atoms with Crippen molar-refractivity contribution >= 4 is 32.6 Å². The quantitative estimate of drug-likeness (QED) is 0.550. The number of carbonyl (C=O) groups is 1. The predicted molar refractivity (Wildman–Crippen MR) is 105 cm³/mol. The molecule has 1 atom stereocenters. The number of amides is 1. The Kier molecular flexibility index (Phi) is 4.05. The highest BCUT2D eigenvalue weighted by atomic mass is 32.1. The van der Waals surface area contributed by atoms with Crippen LogP contribution in [0, 0.1) is 11.7 Å². The summed E-state index contributed by atoms with van der Waals surface area (Å²) in [6.45, 7) is 0.264. The fourth-order valence-electron chi connectivity index (χ4n) is 3.31. The van der Waals surface area contributed by atoms with Gasteiger partial charge in [-0.05, 0) is 47.9 Å². The molecule has 1 aliphatic rings. The third kappa shape index (κ3) is 3.11. The minimum atomic E-state index is -0.386. The Morgan fingerprint density at radius 1 is 1.25 bits per heavy atom. The number of rotatable bonds is 3. The molecule has 0 saturated heterocycles. The maximum absolute atomic E-state index is 13.5. The maximum atomic E-state index is 13.5. The summed E-state index contributed by atoms with van der Waals surface area (Å²) in [4.78, 5) is 17.2. The number of nitrogens with zero attached hydrogens (tertiary/aromatic N) is 2. The van der Waals surface area contributed by atoms with Gasteiger partial charge >= 0.3 is 0 Å². The molecule has 1 unspecified atom stereocenters. The number of hydrogen-bond acceptors (Lipinski definition) is 5. The van der Waals surface area contributed by atoms with Crippen molar-refractivity contribution in [3.8, 4) is 16.9 Å². The summed E-state index contributed by atoms with van der Waals surface area (Å²) >= 11 is 1.41. The third-order valence-corrected chi connectivity index (χ3v) is 5.68. The van der Waals surface area contributed by atoms with E-state index in [-0.39, 0.29) is 24.2 Å². The van der Waals surface area contributed by atoms with Gasteiger partial charge in [-0.3, -0.25) is 9.89 Å². The molecule has 0 radical (unpaired) electrons. The number of anilines is 1. The minimum Gasteiger partial charge on any atom is -0.492 e. The number of fused-ring (bicyclic) bond motifs is 2. The average molecular weight is 394 g/mol. The molecular formula is C20H15FN4O2S. The predicted octanol–water partition coefficient (Wildman–Crippen LogP) is 4.02. The highest BCUT2D eigenvalue weighted by molar-refractivity contribution is 7.22. The monoisotopic (exact) mass is 394 g/mol. The molecular weight excluding hydrogens is 379 g/mol.